The Morgan fingerprint density at radius 3 is 2.59 bits per heavy atom. The van der Waals surface area contributed by atoms with Gasteiger partial charge >= 0.3 is 0 Å². The van der Waals surface area contributed by atoms with Crippen LogP contribution in [-0.2, 0) is 13.1 Å². The Labute approximate surface area is 193 Å². The predicted molar refractivity (Wildman–Crippen MR) is 129 cm³/mol. The van der Waals surface area contributed by atoms with E-state index in [2.05, 4.69) is 44.6 Å². The molecule has 29 heavy (non-hydrogen) atoms. The van der Waals surface area contributed by atoms with Crippen molar-refractivity contribution in [2.75, 3.05) is 34.4 Å². The molecular formula is C20H30IN5O2S. The zero-order valence-electron chi connectivity index (χ0n) is 17.4. The smallest absolute Gasteiger partial charge is 0.191 e. The summed E-state index contributed by atoms with van der Waals surface area (Å²) in [6, 6.07) is 6.41. The summed E-state index contributed by atoms with van der Waals surface area (Å²) in [5.74, 6) is 2.47. The molecule has 160 valence electrons. The zero-order valence-corrected chi connectivity index (χ0v) is 20.5. The molecule has 0 amide bonds. The Balaban J connectivity index is 0.00000300. The number of nitrogens with one attached hydrogen (secondary N) is 2. The first-order valence-corrected chi connectivity index (χ1v) is 10.2. The number of methoxy groups -OCH3 is 2. The quantitative estimate of drug-likeness (QED) is 0.325. The molecule has 0 saturated carbocycles. The second kappa shape index (κ2) is 11.6. The second-order valence-electron chi connectivity index (χ2n) is 6.88. The van der Waals surface area contributed by atoms with Crippen LogP contribution in [-0.4, -0.2) is 56.2 Å². The summed E-state index contributed by atoms with van der Waals surface area (Å²) in [4.78, 5) is 12.4. The Morgan fingerprint density at radius 2 is 2.00 bits per heavy atom. The van der Waals surface area contributed by atoms with Gasteiger partial charge in [-0.25, -0.2) is 4.98 Å². The molecule has 1 aliphatic heterocycles. The number of rotatable bonds is 7. The predicted octanol–water partition coefficient (Wildman–Crippen LogP) is 3.03. The fraction of sp³-hybridized carbons (Fsp3) is 0.500. The minimum atomic E-state index is 0. The summed E-state index contributed by atoms with van der Waals surface area (Å²) >= 11 is 1.71. The molecule has 1 saturated heterocycles. The van der Waals surface area contributed by atoms with Crippen LogP contribution in [0.2, 0.25) is 0 Å². The largest absolute Gasteiger partial charge is 0.497 e. The summed E-state index contributed by atoms with van der Waals surface area (Å²) in [6.45, 7) is 5.64. The van der Waals surface area contributed by atoms with Gasteiger partial charge in [-0.3, -0.25) is 9.89 Å². The van der Waals surface area contributed by atoms with E-state index < -0.39 is 0 Å². The van der Waals surface area contributed by atoms with E-state index in [0.717, 1.165) is 48.5 Å². The van der Waals surface area contributed by atoms with Crippen molar-refractivity contribution >= 4 is 41.3 Å². The van der Waals surface area contributed by atoms with Crippen molar-refractivity contribution in [1.82, 2.24) is 20.5 Å². The van der Waals surface area contributed by atoms with Crippen molar-refractivity contribution in [3.8, 4) is 11.5 Å². The highest BCUT2D eigenvalue weighted by atomic mass is 127. The molecule has 3 rings (SSSR count). The Kier molecular flexibility index (Phi) is 9.44. The van der Waals surface area contributed by atoms with Crippen molar-refractivity contribution in [3.05, 3.63) is 39.8 Å². The summed E-state index contributed by atoms with van der Waals surface area (Å²) in [5.41, 5.74) is 1.19. The molecule has 1 atom stereocenters. The number of ether oxygens (including phenoxy) is 2. The first-order chi connectivity index (χ1) is 13.6. The van der Waals surface area contributed by atoms with Crippen molar-refractivity contribution in [1.29, 1.82) is 0 Å². The second-order valence-corrected chi connectivity index (χ2v) is 8.20. The maximum absolute atomic E-state index is 5.38. The lowest BCUT2D eigenvalue weighted by Gasteiger charge is -2.19. The molecule has 0 aliphatic carbocycles. The van der Waals surface area contributed by atoms with Crippen molar-refractivity contribution < 1.29 is 9.47 Å². The first-order valence-electron chi connectivity index (χ1n) is 9.42. The molecule has 9 heteroatoms. The molecule has 2 N–H and O–H groups in total. The average molecular weight is 531 g/mol. The number of likely N-dealkylation sites (tertiary alicyclic amines) is 1. The number of aromatic nitrogens is 1. The third kappa shape index (κ3) is 7.00. The molecule has 0 radical (unpaired) electrons. The summed E-state index contributed by atoms with van der Waals surface area (Å²) < 4.78 is 10.8. The summed E-state index contributed by atoms with van der Waals surface area (Å²) in [6.07, 6.45) is 2.98. The Hall–Kier alpha value is -1.59. The lowest BCUT2D eigenvalue weighted by molar-refractivity contribution is 0.321. The van der Waals surface area contributed by atoms with Crippen LogP contribution in [0.15, 0.2) is 29.4 Å². The van der Waals surface area contributed by atoms with Crippen LogP contribution < -0.4 is 20.1 Å². The van der Waals surface area contributed by atoms with Gasteiger partial charge in [-0.05, 0) is 31.0 Å². The van der Waals surface area contributed by atoms with E-state index in [9.17, 15) is 0 Å². The molecule has 1 fully saturated rings. The summed E-state index contributed by atoms with van der Waals surface area (Å²) in [7, 11) is 5.16. The van der Waals surface area contributed by atoms with Crippen molar-refractivity contribution in [3.63, 3.8) is 0 Å². The molecule has 0 spiro atoms. The highest BCUT2D eigenvalue weighted by molar-refractivity contribution is 14.0. The topological polar surface area (TPSA) is 71.0 Å². The van der Waals surface area contributed by atoms with Gasteiger partial charge in [0.15, 0.2) is 5.96 Å². The lowest BCUT2D eigenvalue weighted by Crippen LogP contribution is -2.44. The van der Waals surface area contributed by atoms with Gasteiger partial charge in [0.1, 0.15) is 16.5 Å². The van der Waals surface area contributed by atoms with Crippen LogP contribution in [0.25, 0.3) is 0 Å². The third-order valence-electron chi connectivity index (χ3n) is 4.73. The average Bonchev–Trinajstić information content (AvgIpc) is 3.33. The van der Waals surface area contributed by atoms with E-state index in [0.29, 0.717) is 12.6 Å². The van der Waals surface area contributed by atoms with Crippen LogP contribution in [0.1, 0.15) is 21.9 Å². The van der Waals surface area contributed by atoms with E-state index in [1.807, 2.05) is 12.3 Å². The number of thiazole rings is 1. The lowest BCUT2D eigenvalue weighted by atomic mass is 10.2. The third-order valence-corrected chi connectivity index (χ3v) is 5.64. The normalized spacial score (nSPS) is 17.0. The van der Waals surface area contributed by atoms with Crippen LogP contribution in [0.5, 0.6) is 11.5 Å². The highest BCUT2D eigenvalue weighted by Crippen LogP contribution is 2.24. The van der Waals surface area contributed by atoms with Crippen LogP contribution in [0, 0.1) is 6.92 Å². The minimum absolute atomic E-state index is 0. The number of aryl methyl sites for hydroxylation is 1. The number of nitrogens with zero attached hydrogens (tertiary/aromatic N) is 3. The molecule has 1 aromatic carbocycles. The van der Waals surface area contributed by atoms with Gasteiger partial charge in [-0.1, -0.05) is 0 Å². The van der Waals surface area contributed by atoms with Gasteiger partial charge in [0.2, 0.25) is 0 Å². The van der Waals surface area contributed by atoms with Crippen LogP contribution >= 0.6 is 35.3 Å². The standard InChI is InChI=1S/C20H29N5O2S.HI/c1-14-10-22-19(28-14)11-23-20(21-2)24-16-5-6-25(13-16)12-15-7-17(26-3)9-18(8-15)27-4;/h7-10,16H,5-6,11-13H2,1-4H3,(H2,21,23,24);1H. The number of halogens is 1. The van der Waals surface area contributed by atoms with E-state index in [1.165, 1.54) is 10.4 Å². The van der Waals surface area contributed by atoms with Gasteiger partial charge in [0.25, 0.3) is 0 Å². The molecule has 1 unspecified atom stereocenters. The number of hydrogen-bond acceptors (Lipinski definition) is 6. The monoisotopic (exact) mass is 531 g/mol. The van der Waals surface area contributed by atoms with Crippen molar-refractivity contribution in [2.24, 2.45) is 4.99 Å². The first kappa shape index (κ1) is 23.7. The maximum atomic E-state index is 5.38. The van der Waals surface area contributed by atoms with Crippen LogP contribution in [0.3, 0.4) is 0 Å². The minimum Gasteiger partial charge on any atom is -0.497 e. The zero-order chi connectivity index (χ0) is 19.9. The van der Waals surface area contributed by atoms with Crippen LogP contribution in [0.4, 0.5) is 0 Å². The molecule has 2 heterocycles. The van der Waals surface area contributed by atoms with Gasteiger partial charge in [0, 0.05) is 49.9 Å². The number of hydrogen-bond donors (Lipinski definition) is 2. The molecule has 7 nitrogen and oxygen atoms in total. The van der Waals surface area contributed by atoms with E-state index in [1.54, 1.807) is 32.6 Å². The maximum Gasteiger partial charge on any atom is 0.191 e. The number of aliphatic imine (C=N–C) groups is 1. The molecular weight excluding hydrogens is 501 g/mol. The molecule has 0 bridgehead atoms. The highest BCUT2D eigenvalue weighted by Gasteiger charge is 2.23. The molecule has 1 aromatic heterocycles. The fourth-order valence-electron chi connectivity index (χ4n) is 3.34. The summed E-state index contributed by atoms with van der Waals surface area (Å²) in [5, 5.41) is 7.95. The van der Waals surface area contributed by atoms with Gasteiger partial charge in [0.05, 0.1) is 20.8 Å². The van der Waals surface area contributed by atoms with E-state index in [-0.39, 0.29) is 24.0 Å². The fourth-order valence-corrected chi connectivity index (χ4v) is 4.07. The SMILES string of the molecule is CN=C(NCc1ncc(C)s1)NC1CCN(Cc2cc(OC)cc(OC)c2)C1.I. The Bertz CT molecular complexity index is 792. The van der Waals surface area contributed by atoms with Gasteiger partial charge in [-0.2, -0.15) is 0 Å². The van der Waals surface area contributed by atoms with E-state index in [4.69, 9.17) is 9.47 Å². The molecule has 2 aromatic rings. The van der Waals surface area contributed by atoms with Crippen molar-refractivity contribution in [2.45, 2.75) is 32.5 Å². The van der Waals surface area contributed by atoms with E-state index >= 15 is 0 Å². The Morgan fingerprint density at radius 1 is 1.28 bits per heavy atom. The van der Waals surface area contributed by atoms with Gasteiger partial charge in [-0.15, -0.1) is 35.3 Å². The number of guanidine groups is 1. The van der Waals surface area contributed by atoms with Gasteiger partial charge < -0.3 is 20.1 Å². The number of benzene rings is 1. The molecule has 1 aliphatic rings.